The summed E-state index contributed by atoms with van der Waals surface area (Å²) in [4.78, 5) is 0. The van der Waals surface area contributed by atoms with Crippen LogP contribution < -0.4 is 14.8 Å². The molecule has 1 fully saturated rings. The van der Waals surface area contributed by atoms with Crippen molar-refractivity contribution >= 4 is 0 Å². The topological polar surface area (TPSA) is 126 Å². The van der Waals surface area contributed by atoms with Crippen LogP contribution in [0.5, 0.6) is 11.5 Å². The second-order valence-corrected chi connectivity index (χ2v) is 8.31. The Hall–Kier alpha value is -1.54. The van der Waals surface area contributed by atoms with E-state index in [9.17, 15) is 10.2 Å². The van der Waals surface area contributed by atoms with Gasteiger partial charge < -0.3 is 53.4 Å². The fraction of sp³-hybridized carbons (Fsp3) is 0.750. The summed E-state index contributed by atoms with van der Waals surface area (Å²) in [5, 5.41) is 23.9. The van der Waals surface area contributed by atoms with Crippen molar-refractivity contribution in [2.24, 2.45) is 0 Å². The van der Waals surface area contributed by atoms with Crippen molar-refractivity contribution in [1.29, 1.82) is 0 Å². The van der Waals surface area contributed by atoms with Crippen LogP contribution in [-0.4, -0.2) is 115 Å². The Kier molecular flexibility index (Phi) is 11.9. The minimum atomic E-state index is -0.958. The third-order valence-corrected chi connectivity index (χ3v) is 5.98. The second kappa shape index (κ2) is 14.9. The van der Waals surface area contributed by atoms with Crippen LogP contribution in [0.25, 0.3) is 0 Å². The minimum Gasteiger partial charge on any atom is -0.487 e. The lowest BCUT2D eigenvalue weighted by atomic mass is 9.95. The second-order valence-electron chi connectivity index (χ2n) is 8.31. The van der Waals surface area contributed by atoms with Crippen molar-refractivity contribution in [1.82, 2.24) is 5.32 Å². The largest absolute Gasteiger partial charge is 0.487 e. The van der Waals surface area contributed by atoms with E-state index < -0.39 is 30.6 Å². The van der Waals surface area contributed by atoms with E-state index in [2.05, 4.69) is 5.32 Å². The van der Waals surface area contributed by atoms with Crippen LogP contribution in [0.3, 0.4) is 0 Å². The highest BCUT2D eigenvalue weighted by Crippen LogP contribution is 2.32. The molecule has 0 amide bonds. The first-order valence-corrected chi connectivity index (χ1v) is 12.0. The molecule has 0 spiro atoms. The molecule has 35 heavy (non-hydrogen) atoms. The van der Waals surface area contributed by atoms with Gasteiger partial charge in [0.15, 0.2) is 17.8 Å². The number of aliphatic hydroxyl groups is 2. The molecule has 0 radical (unpaired) electrons. The highest BCUT2D eigenvalue weighted by atomic mass is 16.7. The van der Waals surface area contributed by atoms with E-state index in [1.807, 2.05) is 25.1 Å². The van der Waals surface area contributed by atoms with Gasteiger partial charge in [0.2, 0.25) is 0 Å². The van der Waals surface area contributed by atoms with Crippen molar-refractivity contribution < 1.29 is 48.1 Å². The molecule has 1 aromatic carbocycles. The molecular formula is C24H39NO10. The Balaban J connectivity index is 1.70. The van der Waals surface area contributed by atoms with Crippen molar-refractivity contribution in [2.45, 2.75) is 43.6 Å². The Labute approximate surface area is 206 Å². The molecular weight excluding hydrogens is 462 g/mol. The van der Waals surface area contributed by atoms with E-state index in [1.54, 1.807) is 0 Å². The molecule has 2 heterocycles. The van der Waals surface area contributed by atoms with E-state index in [0.29, 0.717) is 64.4 Å². The number of nitrogens with one attached hydrogen (secondary N) is 1. The number of aliphatic hydroxyl groups excluding tert-OH is 2. The first kappa shape index (κ1) is 28.0. The minimum absolute atomic E-state index is 0.207. The number of hydrogen-bond donors (Lipinski definition) is 3. The van der Waals surface area contributed by atoms with E-state index >= 15 is 0 Å². The van der Waals surface area contributed by atoms with Crippen molar-refractivity contribution in [3.8, 4) is 11.5 Å². The normalized spacial score (nSPS) is 30.1. The first-order chi connectivity index (χ1) is 17.1. The molecule has 2 aliphatic heterocycles. The average molecular weight is 502 g/mol. The maximum Gasteiger partial charge on any atom is 0.175 e. The maximum atomic E-state index is 10.9. The fourth-order valence-corrected chi connectivity index (χ4v) is 4.11. The van der Waals surface area contributed by atoms with E-state index in [1.165, 1.54) is 14.2 Å². The van der Waals surface area contributed by atoms with Crippen molar-refractivity contribution in [3.63, 3.8) is 0 Å². The molecule has 6 unspecified atom stereocenters. The van der Waals surface area contributed by atoms with Gasteiger partial charge in [-0.2, -0.15) is 0 Å². The molecule has 3 rings (SSSR count). The summed E-state index contributed by atoms with van der Waals surface area (Å²) in [6.45, 7) is 5.27. The van der Waals surface area contributed by atoms with E-state index in [-0.39, 0.29) is 12.6 Å². The van der Waals surface area contributed by atoms with Gasteiger partial charge in [0.25, 0.3) is 0 Å². The zero-order chi connectivity index (χ0) is 25.0. The van der Waals surface area contributed by atoms with Crippen LogP contribution in [0.2, 0.25) is 0 Å². The number of benzene rings is 1. The van der Waals surface area contributed by atoms with Crippen LogP contribution in [0.15, 0.2) is 18.2 Å². The van der Waals surface area contributed by atoms with Gasteiger partial charge in [-0.25, -0.2) is 0 Å². The molecule has 2 aliphatic rings. The zero-order valence-corrected chi connectivity index (χ0v) is 20.7. The molecule has 6 atom stereocenters. The summed E-state index contributed by atoms with van der Waals surface area (Å²) < 4.78 is 45.0. The van der Waals surface area contributed by atoms with Crippen molar-refractivity contribution in [3.05, 3.63) is 23.8 Å². The van der Waals surface area contributed by atoms with Crippen LogP contribution in [-0.2, 0) is 28.4 Å². The van der Waals surface area contributed by atoms with Crippen molar-refractivity contribution in [2.75, 3.05) is 73.7 Å². The van der Waals surface area contributed by atoms with Crippen LogP contribution in [0.4, 0.5) is 0 Å². The quantitative estimate of drug-likeness (QED) is 0.497. The molecule has 0 saturated carbocycles. The number of methoxy groups -OCH3 is 2. The van der Waals surface area contributed by atoms with E-state index in [0.717, 1.165) is 5.56 Å². The standard InChI is InChI=1S/C24H39NO10/c1-16(25-21-22(27)23(28-2)20(15-26)35-24(21)29-3)17-4-5-18-19(14-17)34-13-11-32-9-7-30-6-8-31-10-12-33-18/h4-5,14,16,20-27H,6-13,15H2,1-3H3. The average Bonchev–Trinajstić information content (AvgIpc) is 2.88. The molecule has 1 saturated heterocycles. The lowest BCUT2D eigenvalue weighted by Gasteiger charge is -2.44. The fourth-order valence-electron chi connectivity index (χ4n) is 4.11. The molecule has 3 N–H and O–H groups in total. The summed E-state index contributed by atoms with van der Waals surface area (Å²) in [5.74, 6) is 1.20. The maximum absolute atomic E-state index is 10.9. The van der Waals surface area contributed by atoms with Gasteiger partial charge >= 0.3 is 0 Å². The lowest BCUT2D eigenvalue weighted by molar-refractivity contribution is -0.268. The van der Waals surface area contributed by atoms with Gasteiger partial charge in [0.05, 0.1) is 52.3 Å². The summed E-state index contributed by atoms with van der Waals surface area (Å²) in [5.41, 5.74) is 0.913. The number of hydrogen-bond acceptors (Lipinski definition) is 11. The lowest BCUT2D eigenvalue weighted by Crippen LogP contribution is -2.64. The third kappa shape index (κ3) is 7.97. The number of ether oxygens (including phenoxy) is 8. The predicted octanol–water partition coefficient (Wildman–Crippen LogP) is 0.266. The molecule has 0 bridgehead atoms. The highest BCUT2D eigenvalue weighted by molar-refractivity contribution is 5.44. The first-order valence-electron chi connectivity index (χ1n) is 12.0. The zero-order valence-electron chi connectivity index (χ0n) is 20.7. The molecule has 11 heteroatoms. The number of rotatable bonds is 6. The predicted molar refractivity (Wildman–Crippen MR) is 125 cm³/mol. The summed E-state index contributed by atoms with van der Waals surface area (Å²) >= 11 is 0. The van der Waals surface area contributed by atoms with Gasteiger partial charge in [-0.05, 0) is 24.6 Å². The Bertz CT molecular complexity index is 738. The van der Waals surface area contributed by atoms with Gasteiger partial charge in [-0.15, -0.1) is 0 Å². The highest BCUT2D eigenvalue weighted by Gasteiger charge is 2.46. The van der Waals surface area contributed by atoms with Gasteiger partial charge in [-0.3, -0.25) is 0 Å². The van der Waals surface area contributed by atoms with Crippen LogP contribution in [0.1, 0.15) is 18.5 Å². The van der Waals surface area contributed by atoms with Gasteiger partial charge in [0, 0.05) is 20.3 Å². The van der Waals surface area contributed by atoms with E-state index in [4.69, 9.17) is 37.9 Å². The Morgan fingerprint density at radius 1 is 0.914 bits per heavy atom. The molecule has 0 aliphatic carbocycles. The summed E-state index contributed by atoms with van der Waals surface area (Å²) in [6.07, 6.45) is -3.11. The Morgan fingerprint density at radius 3 is 2.09 bits per heavy atom. The molecule has 0 aromatic heterocycles. The summed E-state index contributed by atoms with van der Waals surface area (Å²) in [6, 6.07) is 4.89. The Morgan fingerprint density at radius 2 is 1.51 bits per heavy atom. The summed E-state index contributed by atoms with van der Waals surface area (Å²) in [7, 11) is 2.97. The van der Waals surface area contributed by atoms with Gasteiger partial charge in [-0.1, -0.05) is 6.07 Å². The van der Waals surface area contributed by atoms with Gasteiger partial charge in [0.1, 0.15) is 31.5 Å². The smallest absolute Gasteiger partial charge is 0.175 e. The van der Waals surface area contributed by atoms with Crippen LogP contribution in [0, 0.1) is 0 Å². The third-order valence-electron chi connectivity index (χ3n) is 5.98. The molecule has 11 nitrogen and oxygen atoms in total. The SMILES string of the molecule is COC1OC(CO)C(OC)C(O)C1NC(C)c1ccc2c(c1)OCCOCCOCCOCCO2. The monoisotopic (exact) mass is 501 g/mol. The molecule has 200 valence electrons. The number of fused-ring (bicyclic) bond motifs is 1. The molecule has 1 aromatic rings. The van der Waals surface area contributed by atoms with Crippen LogP contribution >= 0.6 is 0 Å².